The Bertz CT molecular complexity index is 662. The first-order chi connectivity index (χ1) is 10.8. The average molecular weight is 338 g/mol. The van der Waals surface area contributed by atoms with Crippen molar-refractivity contribution in [3.63, 3.8) is 0 Å². The van der Waals surface area contributed by atoms with Gasteiger partial charge in [-0.3, -0.25) is 4.79 Å². The van der Waals surface area contributed by atoms with Crippen molar-refractivity contribution in [1.29, 1.82) is 0 Å². The normalized spacial score (nSPS) is 16.6. The summed E-state index contributed by atoms with van der Waals surface area (Å²) in [6.07, 6.45) is 3.16. The molecule has 0 atom stereocenters. The molecule has 0 spiro atoms. The first-order valence-electron chi connectivity index (χ1n) is 8.13. The minimum absolute atomic E-state index is 0.0724. The molecule has 1 saturated heterocycles. The third kappa shape index (κ3) is 4.54. The second-order valence-electron chi connectivity index (χ2n) is 6.30. The molecule has 1 amide bonds. The molecule has 1 aromatic rings. The lowest BCUT2D eigenvalue weighted by molar-refractivity contribution is 0.0690. The van der Waals surface area contributed by atoms with E-state index in [-0.39, 0.29) is 10.8 Å². The van der Waals surface area contributed by atoms with Gasteiger partial charge < -0.3 is 10.2 Å². The Kier molecular flexibility index (Phi) is 5.81. The van der Waals surface area contributed by atoms with E-state index in [1.54, 1.807) is 19.1 Å². The van der Waals surface area contributed by atoms with Gasteiger partial charge in [-0.15, -0.1) is 0 Å². The first-order valence-corrected chi connectivity index (χ1v) is 10.0. The van der Waals surface area contributed by atoms with Crippen molar-refractivity contribution in [2.24, 2.45) is 5.92 Å². The summed E-state index contributed by atoms with van der Waals surface area (Å²) < 4.78 is 23.6. The number of sulfone groups is 1. The molecule has 1 aliphatic rings. The number of rotatable bonds is 5. The van der Waals surface area contributed by atoms with Gasteiger partial charge in [0.15, 0.2) is 9.84 Å². The maximum atomic E-state index is 12.6. The Hall–Kier alpha value is -1.40. The van der Waals surface area contributed by atoms with Gasteiger partial charge in [-0.2, -0.15) is 0 Å². The van der Waals surface area contributed by atoms with Crippen LogP contribution in [0.2, 0.25) is 0 Å². The molecule has 0 aliphatic carbocycles. The molecule has 1 N–H and O–H groups in total. The minimum Gasteiger partial charge on any atom is -0.339 e. The first kappa shape index (κ1) is 17.9. The van der Waals surface area contributed by atoms with E-state index in [1.807, 2.05) is 4.90 Å². The zero-order valence-electron chi connectivity index (χ0n) is 14.1. The third-order valence-electron chi connectivity index (χ3n) is 4.42. The molecule has 2 rings (SSSR count). The molecule has 5 nitrogen and oxygen atoms in total. The van der Waals surface area contributed by atoms with Crippen LogP contribution in [-0.4, -0.2) is 51.7 Å². The number of nitrogens with one attached hydrogen (secondary N) is 1. The van der Waals surface area contributed by atoms with E-state index in [1.165, 1.54) is 12.3 Å². The molecular formula is C17H26N2O3S. The highest BCUT2D eigenvalue weighted by atomic mass is 32.2. The third-order valence-corrected chi connectivity index (χ3v) is 5.66. The highest BCUT2D eigenvalue weighted by molar-refractivity contribution is 7.90. The fourth-order valence-corrected chi connectivity index (χ4v) is 4.00. The van der Waals surface area contributed by atoms with Crippen LogP contribution in [0.1, 0.15) is 35.7 Å². The molecule has 23 heavy (non-hydrogen) atoms. The van der Waals surface area contributed by atoms with Gasteiger partial charge in [0.25, 0.3) is 5.91 Å². The maximum Gasteiger partial charge on any atom is 0.253 e. The predicted molar refractivity (Wildman–Crippen MR) is 91.5 cm³/mol. The van der Waals surface area contributed by atoms with Crippen LogP contribution in [0.15, 0.2) is 23.1 Å². The number of hydrogen-bond acceptors (Lipinski definition) is 4. The molecule has 0 saturated carbocycles. The fraction of sp³-hybridized carbons (Fsp3) is 0.588. The van der Waals surface area contributed by atoms with Crippen molar-refractivity contribution in [3.8, 4) is 0 Å². The van der Waals surface area contributed by atoms with Crippen molar-refractivity contribution >= 4 is 15.7 Å². The molecular weight excluding hydrogens is 312 g/mol. The minimum atomic E-state index is -3.32. The van der Waals surface area contributed by atoms with Crippen LogP contribution in [0, 0.1) is 12.8 Å². The van der Waals surface area contributed by atoms with Crippen LogP contribution in [0.5, 0.6) is 0 Å². The van der Waals surface area contributed by atoms with E-state index in [0.29, 0.717) is 17.0 Å². The smallest absolute Gasteiger partial charge is 0.253 e. The molecule has 128 valence electrons. The zero-order valence-corrected chi connectivity index (χ0v) is 14.9. The van der Waals surface area contributed by atoms with Crippen molar-refractivity contribution < 1.29 is 13.2 Å². The summed E-state index contributed by atoms with van der Waals surface area (Å²) in [6, 6.07) is 4.94. The summed E-state index contributed by atoms with van der Waals surface area (Å²) in [6.45, 7) is 7.28. The highest BCUT2D eigenvalue weighted by Crippen LogP contribution is 2.21. The number of carbonyl (C=O) groups excluding carboxylic acids is 1. The second-order valence-corrected chi connectivity index (χ2v) is 8.28. The monoisotopic (exact) mass is 338 g/mol. The van der Waals surface area contributed by atoms with E-state index in [0.717, 1.165) is 39.0 Å². The van der Waals surface area contributed by atoms with Gasteiger partial charge >= 0.3 is 0 Å². The van der Waals surface area contributed by atoms with Gasteiger partial charge in [-0.25, -0.2) is 8.42 Å². The number of carbonyl (C=O) groups is 1. The van der Waals surface area contributed by atoms with Crippen LogP contribution in [-0.2, 0) is 9.84 Å². The number of amides is 1. The van der Waals surface area contributed by atoms with E-state index < -0.39 is 9.84 Å². The van der Waals surface area contributed by atoms with Crippen LogP contribution in [0.4, 0.5) is 0 Å². The van der Waals surface area contributed by atoms with Crippen molar-refractivity contribution in [2.45, 2.75) is 31.6 Å². The predicted octanol–water partition coefficient (Wildman–Crippen LogP) is 1.86. The average Bonchev–Trinajstić information content (AvgIpc) is 2.52. The summed E-state index contributed by atoms with van der Waals surface area (Å²) >= 11 is 0. The highest BCUT2D eigenvalue weighted by Gasteiger charge is 2.24. The standard InChI is InChI=1S/C17H26N2O3S/c1-4-18-12-14-7-9-19(10-8-14)17(20)15-6-5-13(2)16(11-15)23(3,21)22/h5-6,11,14,18H,4,7-10,12H2,1-3H3. The Morgan fingerprint density at radius 3 is 2.52 bits per heavy atom. The Labute approximate surface area is 139 Å². The number of hydrogen-bond donors (Lipinski definition) is 1. The maximum absolute atomic E-state index is 12.6. The topological polar surface area (TPSA) is 66.5 Å². The van der Waals surface area contributed by atoms with Gasteiger partial charge in [0.2, 0.25) is 0 Å². The lowest BCUT2D eigenvalue weighted by Crippen LogP contribution is -2.40. The van der Waals surface area contributed by atoms with Crippen molar-refractivity contribution in [1.82, 2.24) is 10.2 Å². The van der Waals surface area contributed by atoms with Crippen LogP contribution >= 0.6 is 0 Å². The number of nitrogens with zero attached hydrogens (tertiary/aromatic N) is 1. The lowest BCUT2D eigenvalue weighted by Gasteiger charge is -2.32. The molecule has 6 heteroatoms. The van der Waals surface area contributed by atoms with Crippen molar-refractivity contribution in [3.05, 3.63) is 29.3 Å². The molecule has 0 aromatic heterocycles. The quantitative estimate of drug-likeness (QED) is 0.890. The number of piperidine rings is 1. The fourth-order valence-electron chi connectivity index (χ4n) is 3.00. The number of likely N-dealkylation sites (tertiary alicyclic amines) is 1. The van der Waals surface area contributed by atoms with Crippen LogP contribution in [0.25, 0.3) is 0 Å². The summed E-state index contributed by atoms with van der Waals surface area (Å²) in [4.78, 5) is 14.7. The summed E-state index contributed by atoms with van der Waals surface area (Å²) in [7, 11) is -3.32. The SMILES string of the molecule is CCNCC1CCN(C(=O)c2ccc(C)c(S(C)(=O)=O)c2)CC1. The van der Waals surface area contributed by atoms with Gasteiger partial charge in [-0.1, -0.05) is 13.0 Å². The molecule has 1 aromatic carbocycles. The molecule has 1 aliphatic heterocycles. The van der Waals surface area contributed by atoms with Crippen molar-refractivity contribution in [2.75, 3.05) is 32.4 Å². The van der Waals surface area contributed by atoms with E-state index >= 15 is 0 Å². The summed E-state index contributed by atoms with van der Waals surface area (Å²) in [5.74, 6) is 0.542. The Morgan fingerprint density at radius 2 is 1.96 bits per heavy atom. The molecule has 0 unspecified atom stereocenters. The molecule has 1 fully saturated rings. The second kappa shape index (κ2) is 7.45. The largest absolute Gasteiger partial charge is 0.339 e. The van der Waals surface area contributed by atoms with E-state index in [2.05, 4.69) is 12.2 Å². The van der Waals surface area contributed by atoms with Gasteiger partial charge in [0, 0.05) is 24.9 Å². The summed E-state index contributed by atoms with van der Waals surface area (Å²) in [5.41, 5.74) is 1.13. The Balaban J connectivity index is 2.07. The van der Waals surface area contributed by atoms with Crippen LogP contribution < -0.4 is 5.32 Å². The van der Waals surface area contributed by atoms with Gasteiger partial charge in [0.1, 0.15) is 0 Å². The lowest BCUT2D eigenvalue weighted by atomic mass is 9.96. The van der Waals surface area contributed by atoms with Crippen LogP contribution in [0.3, 0.4) is 0 Å². The molecule has 0 bridgehead atoms. The van der Waals surface area contributed by atoms with E-state index in [9.17, 15) is 13.2 Å². The number of aryl methyl sites for hydroxylation is 1. The Morgan fingerprint density at radius 1 is 1.30 bits per heavy atom. The van der Waals surface area contributed by atoms with E-state index in [4.69, 9.17) is 0 Å². The zero-order chi connectivity index (χ0) is 17.0. The molecule has 0 radical (unpaired) electrons. The number of benzene rings is 1. The van der Waals surface area contributed by atoms with Gasteiger partial charge in [-0.05, 0) is 56.5 Å². The molecule has 1 heterocycles. The summed E-state index contributed by atoms with van der Waals surface area (Å²) in [5, 5.41) is 3.35. The van der Waals surface area contributed by atoms with Gasteiger partial charge in [0.05, 0.1) is 4.90 Å².